The van der Waals surface area contributed by atoms with Crippen LogP contribution in [-0.4, -0.2) is 40.0 Å². The molecule has 1 saturated carbocycles. The fourth-order valence-electron chi connectivity index (χ4n) is 2.78. The number of likely N-dealkylation sites (tertiary alicyclic amines) is 1. The van der Waals surface area contributed by atoms with Crippen molar-refractivity contribution in [3.63, 3.8) is 0 Å². The number of hydrogen-bond donors (Lipinski definition) is 3. The van der Waals surface area contributed by atoms with Gasteiger partial charge in [-0.05, 0) is 33.1 Å². The second-order valence-corrected chi connectivity index (χ2v) is 5.59. The Morgan fingerprint density at radius 1 is 1.16 bits per heavy atom. The van der Waals surface area contributed by atoms with Crippen LogP contribution in [0.5, 0.6) is 0 Å². The zero-order chi connectivity index (χ0) is 13.4. The second kappa shape index (κ2) is 4.94. The predicted molar refractivity (Wildman–Crippen MR) is 75.9 cm³/mol. The first kappa shape index (κ1) is 12.6. The van der Waals surface area contributed by atoms with Crippen molar-refractivity contribution in [3.8, 4) is 0 Å². The molecule has 3 rings (SSSR count). The van der Waals surface area contributed by atoms with Gasteiger partial charge in [0.25, 0.3) is 0 Å². The third kappa shape index (κ3) is 2.64. The van der Waals surface area contributed by atoms with E-state index in [1.807, 2.05) is 13.8 Å². The van der Waals surface area contributed by atoms with E-state index in [9.17, 15) is 0 Å². The summed E-state index contributed by atoms with van der Waals surface area (Å²) in [5, 5.41) is 3.55. The standard InChI is InChI=1S/C13H22N6/c1-8-12(15-9(2)16-13(8)18-14)17-10-5-6-19(7-10)11-3-4-11/h10-11H,3-7,14H2,1-2H3,(H2,15,16,17,18). The van der Waals surface area contributed by atoms with E-state index in [2.05, 4.69) is 25.6 Å². The normalized spacial score (nSPS) is 23.6. The molecule has 1 aromatic rings. The number of hydrogen-bond acceptors (Lipinski definition) is 6. The first-order valence-corrected chi connectivity index (χ1v) is 7.00. The van der Waals surface area contributed by atoms with Gasteiger partial charge in [0, 0.05) is 30.7 Å². The van der Waals surface area contributed by atoms with Gasteiger partial charge >= 0.3 is 0 Å². The number of anilines is 2. The Balaban J connectivity index is 1.70. The minimum Gasteiger partial charge on any atom is -0.366 e. The van der Waals surface area contributed by atoms with Gasteiger partial charge in [0.1, 0.15) is 17.5 Å². The minimum absolute atomic E-state index is 0.485. The van der Waals surface area contributed by atoms with Gasteiger partial charge in [0.05, 0.1) is 0 Å². The lowest BCUT2D eigenvalue weighted by atomic mass is 10.2. The van der Waals surface area contributed by atoms with Crippen molar-refractivity contribution in [1.82, 2.24) is 14.9 Å². The van der Waals surface area contributed by atoms with Gasteiger partial charge < -0.3 is 10.7 Å². The quantitative estimate of drug-likeness (QED) is 0.555. The van der Waals surface area contributed by atoms with Crippen LogP contribution in [0.3, 0.4) is 0 Å². The summed E-state index contributed by atoms with van der Waals surface area (Å²) in [5.74, 6) is 7.83. The number of nitrogen functional groups attached to an aromatic ring is 1. The van der Waals surface area contributed by atoms with Crippen LogP contribution in [0.4, 0.5) is 11.6 Å². The molecule has 1 saturated heterocycles. The lowest BCUT2D eigenvalue weighted by Gasteiger charge is -2.18. The van der Waals surface area contributed by atoms with Crippen LogP contribution in [0.1, 0.15) is 30.7 Å². The van der Waals surface area contributed by atoms with E-state index in [1.54, 1.807) is 0 Å². The lowest BCUT2D eigenvalue weighted by molar-refractivity contribution is 0.326. The van der Waals surface area contributed by atoms with E-state index in [0.717, 1.165) is 29.8 Å². The Kier molecular flexibility index (Phi) is 3.28. The molecule has 2 heterocycles. The van der Waals surface area contributed by atoms with Crippen LogP contribution in [0.2, 0.25) is 0 Å². The van der Waals surface area contributed by atoms with Gasteiger partial charge in [-0.2, -0.15) is 0 Å². The van der Waals surface area contributed by atoms with Crippen LogP contribution in [-0.2, 0) is 0 Å². The molecule has 1 atom stereocenters. The highest BCUT2D eigenvalue weighted by Gasteiger charge is 2.34. The Morgan fingerprint density at radius 2 is 1.89 bits per heavy atom. The SMILES string of the molecule is Cc1nc(NN)c(C)c(NC2CCN(C3CC3)C2)n1. The monoisotopic (exact) mass is 262 g/mol. The largest absolute Gasteiger partial charge is 0.366 e. The van der Waals surface area contributed by atoms with Crippen molar-refractivity contribution in [2.45, 2.75) is 45.2 Å². The van der Waals surface area contributed by atoms with E-state index >= 15 is 0 Å². The molecule has 1 unspecified atom stereocenters. The minimum atomic E-state index is 0.485. The molecular formula is C13H22N6. The van der Waals surface area contributed by atoms with E-state index in [4.69, 9.17) is 5.84 Å². The average Bonchev–Trinajstić information content (AvgIpc) is 3.14. The van der Waals surface area contributed by atoms with Crippen molar-refractivity contribution < 1.29 is 0 Å². The van der Waals surface area contributed by atoms with E-state index in [0.29, 0.717) is 11.9 Å². The highest BCUT2D eigenvalue weighted by Crippen LogP contribution is 2.31. The maximum atomic E-state index is 5.49. The van der Waals surface area contributed by atoms with E-state index < -0.39 is 0 Å². The van der Waals surface area contributed by atoms with Crippen LogP contribution in [0.25, 0.3) is 0 Å². The molecule has 6 nitrogen and oxygen atoms in total. The predicted octanol–water partition coefficient (Wildman–Crippen LogP) is 1.03. The number of aryl methyl sites for hydroxylation is 1. The molecule has 1 aliphatic heterocycles. The maximum absolute atomic E-state index is 5.49. The summed E-state index contributed by atoms with van der Waals surface area (Å²) in [6.07, 6.45) is 3.93. The first-order valence-electron chi connectivity index (χ1n) is 7.00. The topological polar surface area (TPSA) is 79.1 Å². The number of nitrogens with one attached hydrogen (secondary N) is 2. The molecule has 0 radical (unpaired) electrons. The zero-order valence-electron chi connectivity index (χ0n) is 11.6. The number of nitrogens with two attached hydrogens (primary N) is 1. The Bertz CT molecular complexity index is 470. The molecule has 0 spiro atoms. The molecule has 4 N–H and O–H groups in total. The summed E-state index contributed by atoms with van der Waals surface area (Å²) in [5.41, 5.74) is 3.62. The maximum Gasteiger partial charge on any atom is 0.148 e. The molecule has 2 aliphatic rings. The van der Waals surface area contributed by atoms with Gasteiger partial charge in [-0.1, -0.05) is 0 Å². The fraction of sp³-hybridized carbons (Fsp3) is 0.692. The number of nitrogens with zero attached hydrogens (tertiary/aromatic N) is 3. The summed E-state index contributed by atoms with van der Waals surface area (Å²) >= 11 is 0. The average molecular weight is 262 g/mol. The molecule has 0 aromatic carbocycles. The smallest absolute Gasteiger partial charge is 0.148 e. The number of aromatic nitrogens is 2. The Morgan fingerprint density at radius 3 is 2.58 bits per heavy atom. The third-order valence-electron chi connectivity index (χ3n) is 4.02. The summed E-state index contributed by atoms with van der Waals surface area (Å²) in [7, 11) is 0. The number of rotatable bonds is 4. The second-order valence-electron chi connectivity index (χ2n) is 5.59. The van der Waals surface area contributed by atoms with E-state index in [1.165, 1.54) is 25.8 Å². The molecule has 6 heteroatoms. The lowest BCUT2D eigenvalue weighted by Crippen LogP contribution is -2.28. The highest BCUT2D eigenvalue weighted by molar-refractivity contribution is 5.57. The van der Waals surface area contributed by atoms with Crippen molar-refractivity contribution in [3.05, 3.63) is 11.4 Å². The first-order chi connectivity index (χ1) is 9.17. The molecule has 104 valence electrons. The summed E-state index contributed by atoms with van der Waals surface area (Å²) in [6.45, 7) is 6.20. The molecule has 1 aromatic heterocycles. The van der Waals surface area contributed by atoms with Crippen LogP contribution >= 0.6 is 0 Å². The van der Waals surface area contributed by atoms with Crippen molar-refractivity contribution in [2.75, 3.05) is 23.8 Å². The van der Waals surface area contributed by atoms with Gasteiger partial charge in [0.2, 0.25) is 0 Å². The van der Waals surface area contributed by atoms with Gasteiger partial charge in [-0.25, -0.2) is 15.8 Å². The van der Waals surface area contributed by atoms with Crippen molar-refractivity contribution in [1.29, 1.82) is 0 Å². The molecule has 19 heavy (non-hydrogen) atoms. The Hall–Kier alpha value is -1.40. The third-order valence-corrected chi connectivity index (χ3v) is 4.02. The molecule has 0 amide bonds. The van der Waals surface area contributed by atoms with E-state index in [-0.39, 0.29) is 0 Å². The summed E-state index contributed by atoms with van der Waals surface area (Å²) < 4.78 is 0. The van der Waals surface area contributed by atoms with Crippen LogP contribution in [0.15, 0.2) is 0 Å². The fourth-order valence-corrected chi connectivity index (χ4v) is 2.78. The highest BCUT2D eigenvalue weighted by atomic mass is 15.3. The van der Waals surface area contributed by atoms with Crippen molar-refractivity contribution >= 4 is 11.6 Å². The number of hydrazine groups is 1. The van der Waals surface area contributed by atoms with Gasteiger partial charge in [0.15, 0.2) is 0 Å². The van der Waals surface area contributed by atoms with Crippen LogP contribution < -0.4 is 16.6 Å². The van der Waals surface area contributed by atoms with Gasteiger partial charge in [-0.3, -0.25) is 4.90 Å². The Labute approximate surface area is 113 Å². The molecule has 2 fully saturated rings. The molecule has 0 bridgehead atoms. The molecular weight excluding hydrogens is 240 g/mol. The summed E-state index contributed by atoms with van der Waals surface area (Å²) in [4.78, 5) is 11.4. The molecule has 1 aliphatic carbocycles. The van der Waals surface area contributed by atoms with Gasteiger partial charge in [-0.15, -0.1) is 0 Å². The van der Waals surface area contributed by atoms with Crippen molar-refractivity contribution in [2.24, 2.45) is 5.84 Å². The van der Waals surface area contributed by atoms with Crippen LogP contribution in [0, 0.1) is 13.8 Å². The zero-order valence-corrected chi connectivity index (χ0v) is 11.6. The summed E-state index contributed by atoms with van der Waals surface area (Å²) in [6, 6.07) is 1.33.